The summed E-state index contributed by atoms with van der Waals surface area (Å²) in [5.41, 5.74) is 0. The van der Waals surface area contributed by atoms with Crippen LogP contribution in [0.3, 0.4) is 0 Å². The Balaban J connectivity index is 4.87. The fourth-order valence-corrected chi connectivity index (χ4v) is 3.09. The Bertz CT molecular complexity index is 276. The number of hydrogen-bond donors (Lipinski definition) is 0. The lowest BCUT2D eigenvalue weighted by Gasteiger charge is -2.28. The monoisotopic (exact) mass is 289 g/mol. The second-order valence-corrected chi connectivity index (χ2v) is 6.21. The highest BCUT2D eigenvalue weighted by molar-refractivity contribution is 7.51. The third-order valence-corrected chi connectivity index (χ3v) is 4.19. The van der Waals surface area contributed by atoms with Crippen LogP contribution >= 0.6 is 30.9 Å². The van der Waals surface area contributed by atoms with Gasteiger partial charge in [-0.1, -0.05) is 37.0 Å². The van der Waals surface area contributed by atoms with E-state index in [9.17, 15) is 4.57 Å². The molecule has 1 atom stereocenters. The molecule has 0 fully saturated rings. The van der Waals surface area contributed by atoms with Gasteiger partial charge in [0.1, 0.15) is 10.8 Å². The van der Waals surface area contributed by atoms with Crippen molar-refractivity contribution in [3.8, 4) is 0 Å². The van der Waals surface area contributed by atoms with Crippen LogP contribution in [0.1, 0.15) is 27.7 Å². The number of rotatable bonds is 7. The smallest absolute Gasteiger partial charge is 0.418 e. The van der Waals surface area contributed by atoms with Crippen molar-refractivity contribution in [3.63, 3.8) is 0 Å². The Hall–Kier alpha value is 0.270. The SMILES string of the molecule is CCN(CC)[P@](=O)(OC=C(Cl)Cl)OC(C)C. The average Bonchev–Trinajstić information content (AvgIpc) is 2.15. The predicted molar refractivity (Wildman–Crippen MR) is 67.6 cm³/mol. The summed E-state index contributed by atoms with van der Waals surface area (Å²) in [4.78, 5) is 0. The van der Waals surface area contributed by atoms with E-state index < -0.39 is 7.75 Å². The standard InChI is InChI=1S/C9H18Cl2NO3P/c1-5-12(6-2)16(13,15-8(3)4)14-7-9(10)11/h7-8H,5-6H2,1-4H3/t16-/m0/s1. The minimum absolute atomic E-state index is 0.0975. The molecule has 96 valence electrons. The quantitative estimate of drug-likeness (QED) is 0.521. The summed E-state index contributed by atoms with van der Waals surface area (Å²) in [6.45, 7) is 8.41. The molecule has 0 N–H and O–H groups in total. The predicted octanol–water partition coefficient (Wildman–Crippen LogP) is 4.15. The van der Waals surface area contributed by atoms with Gasteiger partial charge in [-0.3, -0.25) is 4.52 Å². The summed E-state index contributed by atoms with van der Waals surface area (Å²) in [6.07, 6.45) is 0.818. The maximum absolute atomic E-state index is 12.4. The van der Waals surface area contributed by atoms with Gasteiger partial charge >= 0.3 is 7.75 Å². The minimum atomic E-state index is -3.35. The zero-order valence-corrected chi connectivity index (χ0v) is 12.4. The molecular weight excluding hydrogens is 272 g/mol. The molecule has 4 nitrogen and oxygen atoms in total. The molecule has 0 aromatic heterocycles. The average molecular weight is 290 g/mol. The van der Waals surface area contributed by atoms with Crippen molar-refractivity contribution in [1.29, 1.82) is 0 Å². The molecular formula is C9H18Cl2NO3P. The van der Waals surface area contributed by atoms with Gasteiger partial charge in [-0.15, -0.1) is 0 Å². The van der Waals surface area contributed by atoms with Crippen molar-refractivity contribution in [2.24, 2.45) is 0 Å². The first kappa shape index (κ1) is 16.3. The van der Waals surface area contributed by atoms with Gasteiger partial charge in [0.05, 0.1) is 6.10 Å². The van der Waals surface area contributed by atoms with Gasteiger partial charge in [-0.25, -0.2) is 4.57 Å². The highest BCUT2D eigenvalue weighted by Gasteiger charge is 2.33. The molecule has 0 unspecified atom stereocenters. The molecule has 0 heterocycles. The van der Waals surface area contributed by atoms with Crippen LogP contribution in [0.25, 0.3) is 0 Å². The maximum Gasteiger partial charge on any atom is 0.461 e. The highest BCUT2D eigenvalue weighted by Crippen LogP contribution is 2.53. The lowest BCUT2D eigenvalue weighted by Crippen LogP contribution is -2.23. The van der Waals surface area contributed by atoms with Crippen LogP contribution in [-0.2, 0) is 13.6 Å². The van der Waals surface area contributed by atoms with E-state index in [1.807, 2.05) is 13.8 Å². The Morgan fingerprint density at radius 3 is 2.19 bits per heavy atom. The van der Waals surface area contributed by atoms with Gasteiger partial charge < -0.3 is 4.52 Å². The van der Waals surface area contributed by atoms with E-state index in [1.165, 1.54) is 0 Å². The molecule has 0 saturated heterocycles. The summed E-state index contributed by atoms with van der Waals surface area (Å²) in [7, 11) is -3.35. The molecule has 0 rings (SSSR count). The van der Waals surface area contributed by atoms with Gasteiger partial charge in [-0.05, 0) is 13.8 Å². The highest BCUT2D eigenvalue weighted by atomic mass is 35.5. The lowest BCUT2D eigenvalue weighted by molar-refractivity contribution is 0.159. The Kier molecular flexibility index (Phi) is 7.70. The number of hydrogen-bond acceptors (Lipinski definition) is 3. The van der Waals surface area contributed by atoms with Crippen LogP contribution in [-0.4, -0.2) is 23.9 Å². The van der Waals surface area contributed by atoms with Gasteiger partial charge in [-0.2, -0.15) is 4.67 Å². The third-order valence-electron chi connectivity index (χ3n) is 1.70. The Labute approximate surface area is 107 Å². The van der Waals surface area contributed by atoms with Crippen LogP contribution in [0.15, 0.2) is 10.8 Å². The topological polar surface area (TPSA) is 38.8 Å². The fraction of sp³-hybridized carbons (Fsp3) is 0.778. The van der Waals surface area contributed by atoms with E-state index in [0.29, 0.717) is 13.1 Å². The molecule has 0 amide bonds. The van der Waals surface area contributed by atoms with Gasteiger partial charge in [0.15, 0.2) is 0 Å². The minimum Gasteiger partial charge on any atom is -0.418 e. The molecule has 0 aromatic carbocycles. The zero-order chi connectivity index (χ0) is 12.8. The largest absolute Gasteiger partial charge is 0.461 e. The summed E-state index contributed by atoms with van der Waals surface area (Å²) in [5, 5.41) is 0. The van der Waals surface area contributed by atoms with Crippen LogP contribution in [0.4, 0.5) is 0 Å². The van der Waals surface area contributed by atoms with E-state index in [4.69, 9.17) is 32.2 Å². The van der Waals surface area contributed by atoms with E-state index >= 15 is 0 Å². The maximum atomic E-state index is 12.4. The molecule has 0 aliphatic rings. The molecule has 0 spiro atoms. The molecule has 0 bridgehead atoms. The van der Waals surface area contributed by atoms with Crippen molar-refractivity contribution in [1.82, 2.24) is 4.67 Å². The first-order chi connectivity index (χ1) is 7.35. The molecule has 0 radical (unpaired) electrons. The van der Waals surface area contributed by atoms with E-state index in [0.717, 1.165) is 6.26 Å². The second-order valence-electron chi connectivity index (χ2n) is 3.27. The second kappa shape index (κ2) is 7.57. The Morgan fingerprint density at radius 2 is 1.88 bits per heavy atom. The first-order valence-electron chi connectivity index (χ1n) is 5.09. The van der Waals surface area contributed by atoms with Crippen LogP contribution in [0.2, 0.25) is 0 Å². The summed E-state index contributed by atoms with van der Waals surface area (Å²) < 4.78 is 24.3. The van der Waals surface area contributed by atoms with Gasteiger partial charge in [0.2, 0.25) is 0 Å². The summed E-state index contributed by atoms with van der Waals surface area (Å²) in [6, 6.07) is 0. The van der Waals surface area contributed by atoms with Crippen molar-refractivity contribution in [2.75, 3.05) is 13.1 Å². The molecule has 7 heteroatoms. The third kappa shape index (κ3) is 5.55. The van der Waals surface area contributed by atoms with Crippen molar-refractivity contribution >= 4 is 30.9 Å². The first-order valence-corrected chi connectivity index (χ1v) is 7.34. The normalized spacial score (nSPS) is 15.0. The fourth-order valence-electron chi connectivity index (χ4n) is 1.10. The molecule has 0 aliphatic carbocycles. The van der Waals surface area contributed by atoms with Crippen molar-refractivity contribution < 1.29 is 13.6 Å². The van der Waals surface area contributed by atoms with Crippen LogP contribution in [0.5, 0.6) is 0 Å². The van der Waals surface area contributed by atoms with E-state index in [2.05, 4.69) is 0 Å². The summed E-state index contributed by atoms with van der Waals surface area (Å²) in [5.74, 6) is 0. The molecule has 0 aliphatic heterocycles. The van der Waals surface area contributed by atoms with E-state index in [1.54, 1.807) is 18.5 Å². The molecule has 0 aromatic rings. The van der Waals surface area contributed by atoms with Crippen LogP contribution < -0.4 is 0 Å². The van der Waals surface area contributed by atoms with Gasteiger partial charge in [0, 0.05) is 13.1 Å². The number of nitrogens with zero attached hydrogens (tertiary/aromatic N) is 1. The summed E-state index contributed by atoms with van der Waals surface area (Å²) >= 11 is 10.8. The molecule has 0 saturated carbocycles. The van der Waals surface area contributed by atoms with Crippen molar-refractivity contribution in [3.05, 3.63) is 10.8 Å². The van der Waals surface area contributed by atoms with Crippen LogP contribution in [0, 0.1) is 0 Å². The van der Waals surface area contributed by atoms with Gasteiger partial charge in [0.25, 0.3) is 0 Å². The number of halogens is 2. The molecule has 16 heavy (non-hydrogen) atoms. The van der Waals surface area contributed by atoms with Crippen molar-refractivity contribution in [2.45, 2.75) is 33.8 Å². The van der Waals surface area contributed by atoms with E-state index in [-0.39, 0.29) is 10.6 Å². The lowest BCUT2D eigenvalue weighted by atomic mass is 10.5. The zero-order valence-electron chi connectivity index (χ0n) is 9.94. The Morgan fingerprint density at radius 1 is 1.38 bits per heavy atom.